The molecule has 2 aromatic carbocycles. The Morgan fingerprint density at radius 2 is 1.97 bits per heavy atom. The summed E-state index contributed by atoms with van der Waals surface area (Å²) in [6.45, 7) is 1.94. The van der Waals surface area contributed by atoms with Crippen LogP contribution in [0, 0.1) is 12.7 Å². The molecule has 0 bridgehead atoms. The van der Waals surface area contributed by atoms with E-state index >= 15 is 0 Å². The number of amides is 2. The maximum Gasteiger partial charge on any atom is 0.264 e. The fourth-order valence-electron chi connectivity index (χ4n) is 3.08. The first-order chi connectivity index (χ1) is 14.0. The molecule has 0 aliphatic carbocycles. The summed E-state index contributed by atoms with van der Waals surface area (Å²) < 4.78 is 18.9. The molecule has 4 rings (SSSR count). The number of aryl methyl sites for hydroxylation is 1. The van der Waals surface area contributed by atoms with Gasteiger partial charge in [0.05, 0.1) is 5.69 Å². The largest absolute Gasteiger partial charge is 0.436 e. The lowest BCUT2D eigenvalue weighted by molar-refractivity contribution is -0.119. The maximum absolute atomic E-state index is 13.1. The average molecular weight is 391 g/mol. The van der Waals surface area contributed by atoms with Crippen LogP contribution in [0.3, 0.4) is 0 Å². The van der Waals surface area contributed by atoms with E-state index in [1.807, 2.05) is 13.0 Å². The molecular formula is C22H18FN3O3. The van der Waals surface area contributed by atoms with Gasteiger partial charge in [0.15, 0.2) is 5.75 Å². The number of aromatic nitrogens is 1. The first kappa shape index (κ1) is 18.6. The molecule has 2 heterocycles. The van der Waals surface area contributed by atoms with Crippen LogP contribution < -0.4 is 15.0 Å². The number of hydrogen-bond donors (Lipinski definition) is 1. The molecular weight excluding hydrogens is 373 g/mol. The summed E-state index contributed by atoms with van der Waals surface area (Å²) in [5, 5.41) is 2.76. The van der Waals surface area contributed by atoms with Crippen LogP contribution in [0.25, 0.3) is 0 Å². The topological polar surface area (TPSA) is 71.5 Å². The normalized spacial score (nSPS) is 12.5. The SMILES string of the molecule is Cc1ccc2c(c1)N(CC(=O)NCc1ccc(F)cc1)C(=O)c1cccnc1O2. The van der Waals surface area contributed by atoms with Gasteiger partial charge < -0.3 is 10.1 Å². The number of carbonyl (C=O) groups is 2. The minimum absolute atomic E-state index is 0.186. The number of nitrogens with one attached hydrogen (secondary N) is 1. The Morgan fingerprint density at radius 1 is 1.17 bits per heavy atom. The van der Waals surface area contributed by atoms with Crippen molar-refractivity contribution >= 4 is 17.5 Å². The lowest BCUT2D eigenvalue weighted by Gasteiger charge is -2.22. The van der Waals surface area contributed by atoms with Crippen molar-refractivity contribution in [1.82, 2.24) is 10.3 Å². The zero-order valence-electron chi connectivity index (χ0n) is 15.7. The van der Waals surface area contributed by atoms with E-state index in [1.54, 1.807) is 42.6 Å². The number of pyridine rings is 1. The monoisotopic (exact) mass is 391 g/mol. The van der Waals surface area contributed by atoms with Crippen molar-refractivity contribution in [3.63, 3.8) is 0 Å². The molecule has 1 N–H and O–H groups in total. The highest BCUT2D eigenvalue weighted by molar-refractivity contribution is 6.11. The number of hydrogen-bond acceptors (Lipinski definition) is 4. The van der Waals surface area contributed by atoms with Gasteiger partial charge in [-0.15, -0.1) is 0 Å². The van der Waals surface area contributed by atoms with Gasteiger partial charge in [0.1, 0.15) is 17.9 Å². The molecule has 0 unspecified atom stereocenters. The highest BCUT2D eigenvalue weighted by Gasteiger charge is 2.30. The molecule has 2 amide bonds. The molecule has 0 saturated heterocycles. The van der Waals surface area contributed by atoms with E-state index in [2.05, 4.69) is 10.3 Å². The fraction of sp³-hybridized carbons (Fsp3) is 0.136. The van der Waals surface area contributed by atoms with Crippen LogP contribution >= 0.6 is 0 Å². The van der Waals surface area contributed by atoms with E-state index in [4.69, 9.17) is 4.74 Å². The van der Waals surface area contributed by atoms with Gasteiger partial charge in [-0.05, 0) is 54.4 Å². The van der Waals surface area contributed by atoms with Crippen LogP contribution in [-0.4, -0.2) is 23.3 Å². The van der Waals surface area contributed by atoms with E-state index < -0.39 is 0 Å². The first-order valence-corrected chi connectivity index (χ1v) is 9.08. The minimum Gasteiger partial charge on any atom is -0.436 e. The molecule has 0 atom stereocenters. The van der Waals surface area contributed by atoms with Gasteiger partial charge in [-0.3, -0.25) is 14.5 Å². The molecule has 1 aliphatic rings. The number of halogens is 1. The molecule has 0 saturated carbocycles. The van der Waals surface area contributed by atoms with Gasteiger partial charge in [-0.2, -0.15) is 0 Å². The Labute approximate surface area is 166 Å². The van der Waals surface area contributed by atoms with E-state index in [9.17, 15) is 14.0 Å². The van der Waals surface area contributed by atoms with Crippen molar-refractivity contribution in [2.24, 2.45) is 0 Å². The summed E-state index contributed by atoms with van der Waals surface area (Å²) in [5.74, 6) is -0.393. The average Bonchev–Trinajstić information content (AvgIpc) is 2.83. The number of ether oxygens (including phenoxy) is 1. The summed E-state index contributed by atoms with van der Waals surface area (Å²) in [6.07, 6.45) is 1.55. The third-order valence-corrected chi connectivity index (χ3v) is 4.56. The molecule has 1 aliphatic heterocycles. The number of fused-ring (bicyclic) bond motifs is 2. The van der Waals surface area contributed by atoms with Gasteiger partial charge in [-0.1, -0.05) is 18.2 Å². The van der Waals surface area contributed by atoms with Crippen molar-refractivity contribution in [3.05, 3.63) is 83.3 Å². The maximum atomic E-state index is 13.1. The van der Waals surface area contributed by atoms with Crippen LogP contribution in [-0.2, 0) is 11.3 Å². The summed E-state index contributed by atoms with van der Waals surface area (Å²) in [5.41, 5.74) is 2.48. The lowest BCUT2D eigenvalue weighted by atomic mass is 10.1. The molecule has 0 fully saturated rings. The quantitative estimate of drug-likeness (QED) is 0.738. The second kappa shape index (κ2) is 7.71. The predicted octanol–water partition coefficient (Wildman–Crippen LogP) is 3.60. The summed E-state index contributed by atoms with van der Waals surface area (Å²) in [6, 6.07) is 14.5. The molecule has 0 radical (unpaired) electrons. The van der Waals surface area contributed by atoms with Crippen LogP contribution in [0.15, 0.2) is 60.8 Å². The lowest BCUT2D eigenvalue weighted by Crippen LogP contribution is -2.40. The Balaban J connectivity index is 1.59. The smallest absolute Gasteiger partial charge is 0.264 e. The Bertz CT molecular complexity index is 1080. The number of nitrogens with zero attached hydrogens (tertiary/aromatic N) is 2. The highest BCUT2D eigenvalue weighted by Crippen LogP contribution is 2.38. The second-order valence-corrected chi connectivity index (χ2v) is 6.72. The van der Waals surface area contributed by atoms with Crippen LogP contribution in [0.4, 0.5) is 10.1 Å². The third kappa shape index (κ3) is 3.94. The van der Waals surface area contributed by atoms with E-state index in [-0.39, 0.29) is 42.2 Å². The van der Waals surface area contributed by atoms with Crippen molar-refractivity contribution in [3.8, 4) is 11.6 Å². The summed E-state index contributed by atoms with van der Waals surface area (Å²) in [7, 11) is 0. The van der Waals surface area contributed by atoms with Crippen LogP contribution in [0.5, 0.6) is 11.6 Å². The highest BCUT2D eigenvalue weighted by atomic mass is 19.1. The molecule has 0 spiro atoms. The molecule has 146 valence electrons. The van der Waals surface area contributed by atoms with E-state index in [0.717, 1.165) is 11.1 Å². The van der Waals surface area contributed by atoms with Crippen molar-refractivity contribution in [2.75, 3.05) is 11.4 Å². The predicted molar refractivity (Wildman–Crippen MR) is 105 cm³/mol. The number of anilines is 1. The minimum atomic E-state index is -0.366. The first-order valence-electron chi connectivity index (χ1n) is 9.08. The van der Waals surface area contributed by atoms with Crippen molar-refractivity contribution in [2.45, 2.75) is 13.5 Å². The Hall–Kier alpha value is -3.74. The molecule has 3 aromatic rings. The molecule has 7 heteroatoms. The van der Waals surface area contributed by atoms with Crippen LogP contribution in [0.2, 0.25) is 0 Å². The zero-order chi connectivity index (χ0) is 20.4. The van der Waals surface area contributed by atoms with Gasteiger partial charge in [0.2, 0.25) is 11.8 Å². The van der Waals surface area contributed by atoms with E-state index in [0.29, 0.717) is 11.4 Å². The fourth-order valence-corrected chi connectivity index (χ4v) is 3.08. The zero-order valence-corrected chi connectivity index (χ0v) is 15.7. The van der Waals surface area contributed by atoms with Gasteiger partial charge in [0, 0.05) is 12.7 Å². The summed E-state index contributed by atoms with van der Waals surface area (Å²) in [4.78, 5) is 31.3. The Morgan fingerprint density at radius 3 is 2.76 bits per heavy atom. The molecule has 1 aromatic heterocycles. The second-order valence-electron chi connectivity index (χ2n) is 6.72. The van der Waals surface area contributed by atoms with Gasteiger partial charge >= 0.3 is 0 Å². The molecule has 29 heavy (non-hydrogen) atoms. The van der Waals surface area contributed by atoms with Crippen molar-refractivity contribution in [1.29, 1.82) is 0 Å². The standard InChI is InChI=1S/C22H18FN3O3/c1-14-4-9-19-18(11-14)26(22(28)17-3-2-10-24-21(17)29-19)13-20(27)25-12-15-5-7-16(23)8-6-15/h2-11H,12-13H2,1H3,(H,25,27). The van der Waals surface area contributed by atoms with Crippen LogP contribution in [0.1, 0.15) is 21.5 Å². The number of rotatable bonds is 4. The third-order valence-electron chi connectivity index (χ3n) is 4.56. The van der Waals surface area contributed by atoms with E-state index in [1.165, 1.54) is 17.0 Å². The number of carbonyl (C=O) groups excluding carboxylic acids is 2. The number of benzene rings is 2. The Kier molecular flexibility index (Phi) is 4.95. The summed E-state index contributed by atoms with van der Waals surface area (Å²) >= 11 is 0. The molecule has 6 nitrogen and oxygen atoms in total. The van der Waals surface area contributed by atoms with Gasteiger partial charge in [0.25, 0.3) is 5.91 Å². The van der Waals surface area contributed by atoms with Gasteiger partial charge in [-0.25, -0.2) is 9.37 Å². The van der Waals surface area contributed by atoms with Crippen molar-refractivity contribution < 1.29 is 18.7 Å².